The molecular weight excluding hydrogens is 444 g/mol. The summed E-state index contributed by atoms with van der Waals surface area (Å²) in [7, 11) is 0. The third-order valence-corrected chi connectivity index (χ3v) is 7.33. The van der Waals surface area contributed by atoms with Gasteiger partial charge in [0.25, 0.3) is 0 Å². The molecule has 36 heavy (non-hydrogen) atoms. The zero-order valence-electron chi connectivity index (χ0n) is 19.7. The van der Waals surface area contributed by atoms with Crippen LogP contribution in [0, 0.1) is 0 Å². The van der Waals surface area contributed by atoms with Gasteiger partial charge in [0.05, 0.1) is 16.7 Å². The number of aromatic nitrogens is 5. The number of nitrogens with two attached hydrogens (primary N) is 1. The van der Waals surface area contributed by atoms with E-state index in [1.165, 1.54) is 12.0 Å². The lowest BCUT2D eigenvalue weighted by Crippen LogP contribution is -2.43. The summed E-state index contributed by atoms with van der Waals surface area (Å²) >= 11 is 0. The molecule has 0 radical (unpaired) electrons. The normalized spacial score (nSPS) is 14.7. The number of hydrogen-bond donors (Lipinski definition) is 1. The zero-order chi connectivity index (χ0) is 24.1. The summed E-state index contributed by atoms with van der Waals surface area (Å²) in [4.78, 5) is 9.46. The van der Waals surface area contributed by atoms with Crippen LogP contribution in [0.1, 0.15) is 24.8 Å². The van der Waals surface area contributed by atoms with Crippen molar-refractivity contribution in [2.75, 3.05) is 0 Å². The van der Waals surface area contributed by atoms with Crippen molar-refractivity contribution in [2.45, 2.75) is 24.8 Å². The van der Waals surface area contributed by atoms with Gasteiger partial charge in [0.1, 0.15) is 0 Å². The Morgan fingerprint density at radius 2 is 1.58 bits per heavy atom. The third-order valence-electron chi connectivity index (χ3n) is 7.33. The first-order chi connectivity index (χ1) is 17.7. The molecule has 0 saturated heterocycles. The van der Waals surface area contributed by atoms with Gasteiger partial charge in [-0.05, 0) is 60.7 Å². The predicted octanol–water partition coefficient (Wildman–Crippen LogP) is 6.01. The molecule has 4 heterocycles. The second-order valence-corrected chi connectivity index (χ2v) is 9.53. The van der Waals surface area contributed by atoms with E-state index in [0.717, 1.165) is 63.3 Å². The topological polar surface area (TPSA) is 82.0 Å². The molecule has 0 amide bonds. The van der Waals surface area contributed by atoms with E-state index in [2.05, 4.69) is 74.2 Å². The highest BCUT2D eigenvalue weighted by molar-refractivity contribution is 5.92. The average molecular weight is 469 g/mol. The van der Waals surface area contributed by atoms with E-state index < -0.39 is 0 Å². The van der Waals surface area contributed by atoms with E-state index in [9.17, 15) is 0 Å². The van der Waals surface area contributed by atoms with Crippen LogP contribution in [0.15, 0.2) is 97.3 Å². The second kappa shape index (κ2) is 8.07. The minimum atomic E-state index is -0.180. The van der Waals surface area contributed by atoms with Crippen molar-refractivity contribution in [3.8, 4) is 33.8 Å². The Morgan fingerprint density at radius 3 is 2.31 bits per heavy atom. The molecule has 0 spiro atoms. The molecule has 1 saturated carbocycles. The van der Waals surface area contributed by atoms with Crippen molar-refractivity contribution in [3.05, 3.63) is 103 Å². The van der Waals surface area contributed by atoms with Crippen molar-refractivity contribution in [3.63, 3.8) is 0 Å². The van der Waals surface area contributed by atoms with Crippen LogP contribution >= 0.6 is 0 Å². The molecule has 1 aliphatic rings. The predicted molar refractivity (Wildman–Crippen MR) is 142 cm³/mol. The van der Waals surface area contributed by atoms with Crippen LogP contribution in [-0.4, -0.2) is 24.6 Å². The van der Waals surface area contributed by atoms with Crippen molar-refractivity contribution in [1.82, 2.24) is 24.6 Å². The molecule has 2 aromatic carbocycles. The summed E-state index contributed by atoms with van der Waals surface area (Å²) in [6, 6.07) is 29.1. The van der Waals surface area contributed by atoms with Crippen LogP contribution in [0.5, 0.6) is 0 Å². The molecule has 174 valence electrons. The minimum Gasteiger partial charge on any atom is -0.321 e. The van der Waals surface area contributed by atoms with E-state index in [-0.39, 0.29) is 5.54 Å². The van der Waals surface area contributed by atoms with Gasteiger partial charge in [0.2, 0.25) is 0 Å². The Balaban J connectivity index is 1.47. The smallest absolute Gasteiger partial charge is 0.170 e. The SMILES string of the molecule is NC1(c2ccc(-c3nc4ccc5nnc(-c6cccnc6)n5c4cc3-c3ccccc3)cc2)CCC1. The van der Waals surface area contributed by atoms with Crippen molar-refractivity contribution in [1.29, 1.82) is 0 Å². The molecule has 4 aromatic heterocycles. The highest BCUT2D eigenvalue weighted by Gasteiger charge is 2.34. The maximum atomic E-state index is 6.58. The first-order valence-corrected chi connectivity index (χ1v) is 12.2. The second-order valence-electron chi connectivity index (χ2n) is 9.53. The van der Waals surface area contributed by atoms with Crippen LogP contribution in [0.2, 0.25) is 0 Å². The van der Waals surface area contributed by atoms with E-state index in [1.54, 1.807) is 6.20 Å². The maximum Gasteiger partial charge on any atom is 0.170 e. The van der Waals surface area contributed by atoms with Crippen molar-refractivity contribution in [2.24, 2.45) is 5.73 Å². The molecule has 1 aliphatic carbocycles. The van der Waals surface area contributed by atoms with Crippen molar-refractivity contribution < 1.29 is 0 Å². The number of rotatable bonds is 4. The standard InChI is InChI=1S/C30H24N6/c31-30(15-5-16-30)23-11-9-21(10-12-23)28-24(20-6-2-1-3-7-20)18-26-25(33-28)13-14-27-34-35-29(36(26)27)22-8-4-17-32-19-22/h1-4,6-14,17-19H,5,15-16,31H2. The lowest BCUT2D eigenvalue weighted by molar-refractivity contribution is 0.253. The van der Waals surface area contributed by atoms with E-state index in [0.29, 0.717) is 0 Å². The number of fused-ring (bicyclic) bond motifs is 3. The van der Waals surface area contributed by atoms with Crippen LogP contribution in [0.25, 0.3) is 50.5 Å². The Hall–Kier alpha value is -4.42. The monoisotopic (exact) mass is 468 g/mol. The largest absolute Gasteiger partial charge is 0.321 e. The highest BCUT2D eigenvalue weighted by atomic mass is 15.2. The summed E-state index contributed by atoms with van der Waals surface area (Å²) in [5.74, 6) is 0.746. The third kappa shape index (κ3) is 3.30. The summed E-state index contributed by atoms with van der Waals surface area (Å²) < 4.78 is 2.06. The van der Waals surface area contributed by atoms with Crippen LogP contribution in [0.3, 0.4) is 0 Å². The van der Waals surface area contributed by atoms with Gasteiger partial charge in [-0.1, -0.05) is 54.6 Å². The molecule has 0 aliphatic heterocycles. The molecule has 6 nitrogen and oxygen atoms in total. The first kappa shape index (κ1) is 20.9. The van der Waals surface area contributed by atoms with E-state index in [4.69, 9.17) is 10.7 Å². The van der Waals surface area contributed by atoms with Crippen LogP contribution < -0.4 is 5.73 Å². The zero-order valence-corrected chi connectivity index (χ0v) is 19.7. The lowest BCUT2D eigenvalue weighted by Gasteiger charge is -2.38. The summed E-state index contributed by atoms with van der Waals surface area (Å²) in [5, 5.41) is 8.90. The molecular formula is C30H24N6. The lowest BCUT2D eigenvalue weighted by atomic mass is 9.72. The Bertz CT molecular complexity index is 1700. The minimum absolute atomic E-state index is 0.180. The molecule has 0 bridgehead atoms. The maximum absolute atomic E-state index is 6.58. The van der Waals surface area contributed by atoms with Crippen LogP contribution in [0.4, 0.5) is 0 Å². The molecule has 0 unspecified atom stereocenters. The highest BCUT2D eigenvalue weighted by Crippen LogP contribution is 2.40. The van der Waals surface area contributed by atoms with Gasteiger partial charge >= 0.3 is 0 Å². The van der Waals surface area contributed by atoms with Gasteiger partial charge in [-0.2, -0.15) is 0 Å². The quantitative estimate of drug-likeness (QED) is 0.343. The fourth-order valence-corrected chi connectivity index (χ4v) is 5.16. The number of nitrogens with zero attached hydrogens (tertiary/aromatic N) is 5. The molecule has 6 heteroatoms. The Kier molecular flexibility index (Phi) is 4.69. The molecule has 2 N–H and O–H groups in total. The molecule has 0 atom stereocenters. The molecule has 7 rings (SSSR count). The summed E-state index contributed by atoms with van der Waals surface area (Å²) in [6.07, 6.45) is 6.85. The Morgan fingerprint density at radius 1 is 0.778 bits per heavy atom. The number of pyridine rings is 3. The molecule has 6 aromatic rings. The Labute approximate surface area is 208 Å². The van der Waals surface area contributed by atoms with Crippen LogP contribution in [-0.2, 0) is 5.54 Å². The average Bonchev–Trinajstić information content (AvgIpc) is 3.37. The van der Waals surface area contributed by atoms with E-state index in [1.807, 2.05) is 36.5 Å². The van der Waals surface area contributed by atoms with Gasteiger partial charge in [-0.15, -0.1) is 10.2 Å². The van der Waals surface area contributed by atoms with Crippen molar-refractivity contribution >= 4 is 16.7 Å². The molecule has 1 fully saturated rings. The fourth-order valence-electron chi connectivity index (χ4n) is 5.16. The van der Waals surface area contributed by atoms with Gasteiger partial charge in [-0.25, -0.2) is 4.98 Å². The first-order valence-electron chi connectivity index (χ1n) is 12.2. The van der Waals surface area contributed by atoms with Gasteiger partial charge in [0.15, 0.2) is 11.5 Å². The number of hydrogen-bond acceptors (Lipinski definition) is 5. The summed E-state index contributed by atoms with van der Waals surface area (Å²) in [6.45, 7) is 0. The van der Waals surface area contributed by atoms with Gasteiger partial charge in [0, 0.05) is 34.6 Å². The van der Waals surface area contributed by atoms with E-state index >= 15 is 0 Å². The number of benzene rings is 2. The summed E-state index contributed by atoms with van der Waals surface area (Å²) in [5.41, 5.74) is 15.3. The van der Waals surface area contributed by atoms with Gasteiger partial charge in [-0.3, -0.25) is 9.38 Å². The fraction of sp³-hybridized carbons (Fsp3) is 0.133. The van der Waals surface area contributed by atoms with Gasteiger partial charge < -0.3 is 5.73 Å².